The van der Waals surface area contributed by atoms with Gasteiger partial charge in [-0.05, 0) is 27.1 Å². The molecule has 0 bridgehead atoms. The number of hydrogen-bond acceptors (Lipinski definition) is 1. The van der Waals surface area contributed by atoms with Crippen molar-refractivity contribution in [2.24, 2.45) is 0 Å². The molecule has 0 aliphatic heterocycles. The molecule has 0 saturated carbocycles. The average Bonchev–Trinajstić information content (AvgIpc) is 1.65. The van der Waals surface area contributed by atoms with Gasteiger partial charge in [0, 0.05) is 0 Å². The summed E-state index contributed by atoms with van der Waals surface area (Å²) in [5.74, 6) is 0. The molecule has 0 saturated heterocycles. The zero-order valence-electron chi connectivity index (χ0n) is 4.57. The Balaban J connectivity index is 2.75. The van der Waals surface area contributed by atoms with E-state index in [0.29, 0.717) is 0 Å². The molecule has 0 aliphatic rings. The molecule has 0 amide bonds. The summed E-state index contributed by atoms with van der Waals surface area (Å²) in [5, 5.41) is 0. The second-order valence-corrected chi connectivity index (χ2v) is 1.40. The minimum Gasteiger partial charge on any atom is -0.307 e. The fourth-order valence-corrected chi connectivity index (χ4v) is 0.158. The van der Waals surface area contributed by atoms with Crippen LogP contribution >= 0.6 is 0 Å². The van der Waals surface area contributed by atoms with Crippen molar-refractivity contribution in [3.63, 3.8) is 0 Å². The van der Waals surface area contributed by atoms with Gasteiger partial charge >= 0.3 is 0 Å². The maximum absolute atomic E-state index is 3.68. The van der Waals surface area contributed by atoms with Crippen LogP contribution in [0.5, 0.6) is 0 Å². The van der Waals surface area contributed by atoms with E-state index in [2.05, 4.69) is 18.7 Å². The van der Waals surface area contributed by atoms with Gasteiger partial charge in [0.2, 0.25) is 0 Å². The van der Waals surface area contributed by atoms with E-state index in [1.807, 2.05) is 7.05 Å². The van der Waals surface area contributed by atoms with Crippen LogP contribution in [-0.2, 0) is 0 Å². The van der Waals surface area contributed by atoms with Gasteiger partial charge in [0.25, 0.3) is 0 Å². The lowest BCUT2D eigenvalue weighted by Crippen LogP contribution is -2.15. The van der Waals surface area contributed by atoms with Crippen molar-refractivity contribution in [3.8, 4) is 0 Å². The quantitative estimate of drug-likeness (QED) is 0.480. The predicted molar refractivity (Wildman–Crippen MR) is 28.5 cm³/mol. The minimum atomic E-state index is 0.913. The standard InChI is InChI=1S/C5H12N/c1-4-6(3)5-2/h1,4-5H2,2-3H3. The molecular weight excluding hydrogens is 74.1 g/mol. The van der Waals surface area contributed by atoms with Crippen LogP contribution in [0.4, 0.5) is 0 Å². The van der Waals surface area contributed by atoms with Crippen LogP contribution in [0, 0.1) is 6.92 Å². The molecule has 0 fully saturated rings. The number of nitrogens with zero attached hydrogens (tertiary/aromatic N) is 1. The SMILES string of the molecule is [CH2]CN(C)CC. The molecule has 0 aromatic rings. The molecule has 0 aromatic carbocycles. The summed E-state index contributed by atoms with van der Waals surface area (Å²) in [4.78, 5) is 2.14. The molecule has 6 heavy (non-hydrogen) atoms. The van der Waals surface area contributed by atoms with Crippen molar-refractivity contribution < 1.29 is 0 Å². The van der Waals surface area contributed by atoms with E-state index in [0.717, 1.165) is 13.1 Å². The van der Waals surface area contributed by atoms with Gasteiger partial charge < -0.3 is 4.90 Å². The highest BCUT2D eigenvalue weighted by molar-refractivity contribution is 4.45. The van der Waals surface area contributed by atoms with Crippen molar-refractivity contribution in [2.45, 2.75) is 6.92 Å². The van der Waals surface area contributed by atoms with Crippen LogP contribution in [0.3, 0.4) is 0 Å². The van der Waals surface area contributed by atoms with Crippen molar-refractivity contribution in [3.05, 3.63) is 6.92 Å². The zero-order chi connectivity index (χ0) is 4.99. The highest BCUT2D eigenvalue weighted by Crippen LogP contribution is 1.73. The van der Waals surface area contributed by atoms with Gasteiger partial charge in [-0.2, -0.15) is 0 Å². The third-order valence-electron chi connectivity index (χ3n) is 0.922. The fourth-order valence-electron chi connectivity index (χ4n) is 0.158. The maximum atomic E-state index is 3.68. The number of hydrogen-bond donors (Lipinski definition) is 0. The molecular formula is C5H12N. The first kappa shape index (κ1) is 5.96. The van der Waals surface area contributed by atoms with Crippen LogP contribution in [0.15, 0.2) is 0 Å². The largest absolute Gasteiger partial charge is 0.307 e. The molecule has 0 aliphatic carbocycles. The lowest BCUT2D eigenvalue weighted by atomic mass is 10.6. The first-order valence-corrected chi connectivity index (χ1v) is 2.29. The molecule has 1 radical (unpaired) electrons. The summed E-state index contributed by atoms with van der Waals surface area (Å²) in [6, 6.07) is 0. The van der Waals surface area contributed by atoms with Gasteiger partial charge in [-0.3, -0.25) is 0 Å². The Morgan fingerprint density at radius 2 is 2.17 bits per heavy atom. The van der Waals surface area contributed by atoms with Crippen LogP contribution < -0.4 is 0 Å². The molecule has 0 rings (SSSR count). The summed E-state index contributed by atoms with van der Waals surface area (Å²) in [6.45, 7) is 7.81. The van der Waals surface area contributed by atoms with Crippen LogP contribution in [0.1, 0.15) is 6.92 Å². The van der Waals surface area contributed by atoms with Crippen molar-refractivity contribution in [1.29, 1.82) is 0 Å². The summed E-state index contributed by atoms with van der Waals surface area (Å²) < 4.78 is 0. The molecule has 1 heteroatoms. The summed E-state index contributed by atoms with van der Waals surface area (Å²) in [5.41, 5.74) is 0. The van der Waals surface area contributed by atoms with E-state index in [1.165, 1.54) is 0 Å². The van der Waals surface area contributed by atoms with E-state index in [1.54, 1.807) is 0 Å². The molecule has 37 valence electrons. The van der Waals surface area contributed by atoms with Gasteiger partial charge in [0.15, 0.2) is 0 Å². The van der Waals surface area contributed by atoms with Gasteiger partial charge in [-0.1, -0.05) is 6.92 Å². The van der Waals surface area contributed by atoms with E-state index in [9.17, 15) is 0 Å². The molecule has 0 spiro atoms. The van der Waals surface area contributed by atoms with Gasteiger partial charge in [-0.15, -0.1) is 0 Å². The first-order chi connectivity index (χ1) is 2.81. The monoisotopic (exact) mass is 86.1 g/mol. The third-order valence-corrected chi connectivity index (χ3v) is 0.922. The summed E-state index contributed by atoms with van der Waals surface area (Å²) in [7, 11) is 2.05. The Bertz CT molecular complexity index is 23.1. The van der Waals surface area contributed by atoms with E-state index in [-0.39, 0.29) is 0 Å². The highest BCUT2D eigenvalue weighted by atomic mass is 15.1. The Kier molecular flexibility index (Phi) is 3.14. The summed E-state index contributed by atoms with van der Waals surface area (Å²) >= 11 is 0. The van der Waals surface area contributed by atoms with Crippen LogP contribution in [0.25, 0.3) is 0 Å². The first-order valence-electron chi connectivity index (χ1n) is 2.29. The van der Waals surface area contributed by atoms with E-state index >= 15 is 0 Å². The molecule has 0 atom stereocenters. The number of rotatable bonds is 2. The van der Waals surface area contributed by atoms with Crippen LogP contribution in [-0.4, -0.2) is 25.0 Å². The Hall–Kier alpha value is -0.0400. The van der Waals surface area contributed by atoms with Gasteiger partial charge in [0.1, 0.15) is 0 Å². The Labute approximate surface area is 40.0 Å². The lowest BCUT2D eigenvalue weighted by molar-refractivity contribution is 0.391. The second-order valence-electron chi connectivity index (χ2n) is 1.40. The average molecular weight is 86.2 g/mol. The molecule has 1 nitrogen and oxygen atoms in total. The lowest BCUT2D eigenvalue weighted by Gasteiger charge is -2.07. The molecule has 0 unspecified atom stereocenters. The van der Waals surface area contributed by atoms with Crippen LogP contribution in [0.2, 0.25) is 0 Å². The predicted octanol–water partition coefficient (Wildman–Crippen LogP) is 0.772. The topological polar surface area (TPSA) is 3.24 Å². The third kappa shape index (κ3) is 2.21. The Morgan fingerprint density at radius 1 is 1.67 bits per heavy atom. The smallest absolute Gasteiger partial charge is 0.00214 e. The molecule has 0 aromatic heterocycles. The van der Waals surface area contributed by atoms with Crippen molar-refractivity contribution in [2.75, 3.05) is 20.1 Å². The molecule has 0 N–H and O–H groups in total. The minimum absolute atomic E-state index is 0.913. The Morgan fingerprint density at radius 3 is 2.17 bits per heavy atom. The van der Waals surface area contributed by atoms with Crippen molar-refractivity contribution in [1.82, 2.24) is 4.90 Å². The van der Waals surface area contributed by atoms with E-state index in [4.69, 9.17) is 0 Å². The normalized spacial score (nSPS) is 10.0. The van der Waals surface area contributed by atoms with E-state index < -0.39 is 0 Å². The summed E-state index contributed by atoms with van der Waals surface area (Å²) in [6.07, 6.45) is 0. The highest BCUT2D eigenvalue weighted by Gasteiger charge is 1.81. The van der Waals surface area contributed by atoms with Crippen molar-refractivity contribution >= 4 is 0 Å². The second kappa shape index (κ2) is 3.16. The molecule has 0 heterocycles. The zero-order valence-corrected chi connectivity index (χ0v) is 4.57. The van der Waals surface area contributed by atoms with Gasteiger partial charge in [-0.25, -0.2) is 0 Å². The fraction of sp³-hybridized carbons (Fsp3) is 0.800. The van der Waals surface area contributed by atoms with Gasteiger partial charge in [0.05, 0.1) is 0 Å². The maximum Gasteiger partial charge on any atom is -0.00214 e.